The van der Waals surface area contributed by atoms with Crippen molar-refractivity contribution in [2.24, 2.45) is 10.9 Å². The first kappa shape index (κ1) is 14.4. The minimum atomic E-state index is 0. The molecular weight excluding hydrogens is 230 g/mol. The van der Waals surface area contributed by atoms with E-state index in [1.54, 1.807) is 0 Å². The number of oxime groups is 1. The molecular formula is C10H16ClN3O2. The van der Waals surface area contributed by atoms with E-state index in [4.69, 9.17) is 15.7 Å². The maximum absolute atomic E-state index is 8.33. The molecule has 0 saturated heterocycles. The molecule has 0 heterocycles. The average Bonchev–Trinajstić information content (AvgIpc) is 2.26. The van der Waals surface area contributed by atoms with Gasteiger partial charge in [-0.3, -0.25) is 0 Å². The number of nitrogens with zero attached hydrogens (tertiary/aromatic N) is 2. The number of nitrogens with two attached hydrogens (primary N) is 1. The van der Waals surface area contributed by atoms with Crippen LogP contribution in [0.15, 0.2) is 29.4 Å². The van der Waals surface area contributed by atoms with Gasteiger partial charge in [0.25, 0.3) is 0 Å². The van der Waals surface area contributed by atoms with Gasteiger partial charge in [0, 0.05) is 25.8 Å². The standard InChI is InChI=1S/C10H15N3O2.ClH/c1-13(2)8-4-3-5-9(6-8)15-7-10(11)12-14;/h3-6,14H,7H2,1-2H3,(H2,11,12);1H. The van der Waals surface area contributed by atoms with Crippen LogP contribution in [0, 0.1) is 0 Å². The second-order valence-corrected chi connectivity index (χ2v) is 3.27. The van der Waals surface area contributed by atoms with Crippen LogP contribution in [0.5, 0.6) is 5.75 Å². The van der Waals surface area contributed by atoms with Crippen LogP contribution in [0.1, 0.15) is 0 Å². The second kappa shape index (κ2) is 6.79. The van der Waals surface area contributed by atoms with Crippen molar-refractivity contribution in [3.63, 3.8) is 0 Å². The van der Waals surface area contributed by atoms with Gasteiger partial charge in [-0.05, 0) is 12.1 Å². The third-order valence-electron chi connectivity index (χ3n) is 1.85. The molecule has 0 spiro atoms. The number of ether oxygens (including phenoxy) is 1. The van der Waals surface area contributed by atoms with Crippen LogP contribution in [0.4, 0.5) is 5.69 Å². The van der Waals surface area contributed by atoms with E-state index in [0.717, 1.165) is 5.69 Å². The number of halogens is 1. The molecule has 90 valence electrons. The molecule has 16 heavy (non-hydrogen) atoms. The molecule has 0 aliphatic heterocycles. The Morgan fingerprint density at radius 1 is 1.50 bits per heavy atom. The molecule has 0 amide bonds. The largest absolute Gasteiger partial charge is 0.485 e. The van der Waals surface area contributed by atoms with Gasteiger partial charge in [0.05, 0.1) is 0 Å². The molecule has 0 aliphatic rings. The summed E-state index contributed by atoms with van der Waals surface area (Å²) in [6.07, 6.45) is 0. The van der Waals surface area contributed by atoms with Crippen molar-refractivity contribution in [2.45, 2.75) is 0 Å². The smallest absolute Gasteiger partial charge is 0.177 e. The lowest BCUT2D eigenvalue weighted by Gasteiger charge is -2.13. The van der Waals surface area contributed by atoms with Gasteiger partial charge >= 0.3 is 0 Å². The highest BCUT2D eigenvalue weighted by Gasteiger charge is 1.99. The van der Waals surface area contributed by atoms with Crippen LogP contribution in [0.3, 0.4) is 0 Å². The van der Waals surface area contributed by atoms with Crippen molar-refractivity contribution in [1.82, 2.24) is 0 Å². The fraction of sp³-hybridized carbons (Fsp3) is 0.300. The summed E-state index contributed by atoms with van der Waals surface area (Å²) < 4.78 is 5.31. The van der Waals surface area contributed by atoms with Crippen molar-refractivity contribution < 1.29 is 9.94 Å². The quantitative estimate of drug-likeness (QED) is 0.363. The van der Waals surface area contributed by atoms with E-state index in [1.807, 2.05) is 43.3 Å². The molecule has 1 rings (SSSR count). The van der Waals surface area contributed by atoms with Crippen LogP contribution in [-0.4, -0.2) is 31.7 Å². The zero-order valence-electron chi connectivity index (χ0n) is 9.25. The molecule has 0 radical (unpaired) electrons. The van der Waals surface area contributed by atoms with E-state index in [2.05, 4.69) is 5.16 Å². The van der Waals surface area contributed by atoms with Gasteiger partial charge in [-0.25, -0.2) is 0 Å². The number of amidine groups is 1. The maximum atomic E-state index is 8.33. The Hall–Kier alpha value is -1.62. The summed E-state index contributed by atoms with van der Waals surface area (Å²) in [6, 6.07) is 7.55. The number of hydrogen-bond donors (Lipinski definition) is 2. The molecule has 0 atom stereocenters. The maximum Gasteiger partial charge on any atom is 0.177 e. The SMILES string of the molecule is CN(C)c1cccc(OC/C(N)=N/O)c1.Cl. The van der Waals surface area contributed by atoms with Gasteiger partial charge in [-0.15, -0.1) is 12.4 Å². The van der Waals surface area contributed by atoms with E-state index in [0.29, 0.717) is 5.75 Å². The molecule has 1 aromatic carbocycles. The topological polar surface area (TPSA) is 71.1 Å². The van der Waals surface area contributed by atoms with E-state index >= 15 is 0 Å². The van der Waals surface area contributed by atoms with E-state index in [1.165, 1.54) is 0 Å². The van der Waals surface area contributed by atoms with Gasteiger partial charge in [0.15, 0.2) is 5.84 Å². The normalized spacial score (nSPS) is 10.5. The Morgan fingerprint density at radius 3 is 2.75 bits per heavy atom. The number of benzene rings is 1. The second-order valence-electron chi connectivity index (χ2n) is 3.27. The monoisotopic (exact) mass is 245 g/mol. The number of hydrogen-bond acceptors (Lipinski definition) is 4. The van der Waals surface area contributed by atoms with Gasteiger partial charge in [-0.2, -0.15) is 0 Å². The third kappa shape index (κ3) is 4.27. The zero-order valence-corrected chi connectivity index (χ0v) is 10.1. The van der Waals surface area contributed by atoms with Crippen LogP contribution < -0.4 is 15.4 Å². The summed E-state index contributed by atoms with van der Waals surface area (Å²) in [5.74, 6) is 0.734. The first-order valence-corrected chi connectivity index (χ1v) is 4.50. The van der Waals surface area contributed by atoms with Crippen LogP contribution in [0.2, 0.25) is 0 Å². The average molecular weight is 246 g/mol. The van der Waals surface area contributed by atoms with E-state index < -0.39 is 0 Å². The Morgan fingerprint density at radius 2 is 2.19 bits per heavy atom. The Labute approximate surface area is 101 Å². The summed E-state index contributed by atoms with van der Waals surface area (Å²) in [6.45, 7) is 0.0768. The molecule has 3 N–H and O–H groups in total. The highest BCUT2D eigenvalue weighted by Crippen LogP contribution is 2.18. The minimum Gasteiger partial charge on any atom is -0.485 e. The summed E-state index contributed by atoms with van der Waals surface area (Å²) in [7, 11) is 3.89. The Balaban J connectivity index is 0.00000225. The first-order valence-electron chi connectivity index (χ1n) is 4.50. The predicted octanol–water partition coefficient (Wildman–Crippen LogP) is 1.30. The van der Waals surface area contributed by atoms with Gasteiger partial charge in [0.2, 0.25) is 0 Å². The van der Waals surface area contributed by atoms with Crippen LogP contribution in [-0.2, 0) is 0 Å². The molecule has 0 saturated carbocycles. The van der Waals surface area contributed by atoms with E-state index in [9.17, 15) is 0 Å². The zero-order chi connectivity index (χ0) is 11.3. The lowest BCUT2D eigenvalue weighted by atomic mass is 10.3. The van der Waals surface area contributed by atoms with Crippen molar-refractivity contribution in [2.75, 3.05) is 25.6 Å². The van der Waals surface area contributed by atoms with Gasteiger partial charge in [-0.1, -0.05) is 11.2 Å². The number of rotatable bonds is 4. The minimum absolute atomic E-state index is 0. The van der Waals surface area contributed by atoms with Crippen molar-refractivity contribution >= 4 is 23.9 Å². The Kier molecular flexibility index (Phi) is 6.10. The third-order valence-corrected chi connectivity index (χ3v) is 1.85. The van der Waals surface area contributed by atoms with Crippen LogP contribution in [0.25, 0.3) is 0 Å². The predicted molar refractivity (Wildman–Crippen MR) is 66.9 cm³/mol. The molecule has 0 aliphatic carbocycles. The molecule has 0 unspecified atom stereocenters. The first-order chi connectivity index (χ1) is 7.13. The van der Waals surface area contributed by atoms with Crippen molar-refractivity contribution in [3.05, 3.63) is 24.3 Å². The highest BCUT2D eigenvalue weighted by molar-refractivity contribution is 5.85. The lowest BCUT2D eigenvalue weighted by molar-refractivity contribution is 0.306. The summed E-state index contributed by atoms with van der Waals surface area (Å²) >= 11 is 0. The van der Waals surface area contributed by atoms with Gasteiger partial charge in [0.1, 0.15) is 12.4 Å². The molecule has 0 bridgehead atoms. The van der Waals surface area contributed by atoms with E-state index in [-0.39, 0.29) is 24.8 Å². The molecule has 1 aromatic rings. The Bertz CT molecular complexity index is 356. The summed E-state index contributed by atoms with van der Waals surface area (Å²) in [4.78, 5) is 1.97. The molecule has 6 heteroatoms. The fourth-order valence-corrected chi connectivity index (χ4v) is 1.04. The molecule has 0 fully saturated rings. The van der Waals surface area contributed by atoms with Crippen molar-refractivity contribution in [1.29, 1.82) is 0 Å². The summed E-state index contributed by atoms with van der Waals surface area (Å²) in [5, 5.41) is 11.2. The van der Waals surface area contributed by atoms with Crippen molar-refractivity contribution in [3.8, 4) is 5.75 Å². The molecule has 5 nitrogen and oxygen atoms in total. The highest BCUT2D eigenvalue weighted by atomic mass is 35.5. The van der Waals surface area contributed by atoms with Gasteiger partial charge < -0.3 is 20.6 Å². The summed E-state index contributed by atoms with van der Waals surface area (Å²) in [5.41, 5.74) is 6.32. The lowest BCUT2D eigenvalue weighted by Crippen LogP contribution is -2.20. The van der Waals surface area contributed by atoms with Crippen LogP contribution >= 0.6 is 12.4 Å². The number of anilines is 1. The fourth-order valence-electron chi connectivity index (χ4n) is 1.04. The molecule has 0 aromatic heterocycles.